The molecule has 4 heteroatoms. The Morgan fingerprint density at radius 3 is 2.67 bits per heavy atom. The van der Waals surface area contributed by atoms with Gasteiger partial charge >= 0.3 is 0 Å². The van der Waals surface area contributed by atoms with Crippen LogP contribution in [0.15, 0.2) is 18.2 Å². The molecule has 1 rings (SSSR count). The van der Waals surface area contributed by atoms with Gasteiger partial charge in [0.15, 0.2) is 0 Å². The highest BCUT2D eigenvalue weighted by Crippen LogP contribution is 2.13. The Morgan fingerprint density at radius 1 is 1.33 bits per heavy atom. The van der Waals surface area contributed by atoms with Crippen LogP contribution in [0.1, 0.15) is 25.8 Å². The molecule has 1 N–H and O–H groups in total. The lowest BCUT2D eigenvalue weighted by Crippen LogP contribution is -2.29. The van der Waals surface area contributed by atoms with Crippen molar-refractivity contribution in [2.75, 3.05) is 20.1 Å². The SMILES string of the molecule is CC(C)N(C)CCCNCc1cc(F)cc(Cl)c1. The lowest BCUT2D eigenvalue weighted by Gasteiger charge is -2.20. The van der Waals surface area contributed by atoms with Gasteiger partial charge in [-0.25, -0.2) is 4.39 Å². The van der Waals surface area contributed by atoms with Gasteiger partial charge in [-0.05, 0) is 64.2 Å². The second kappa shape index (κ2) is 7.72. The van der Waals surface area contributed by atoms with Gasteiger partial charge in [0.2, 0.25) is 0 Å². The largest absolute Gasteiger partial charge is 0.313 e. The monoisotopic (exact) mass is 272 g/mol. The topological polar surface area (TPSA) is 15.3 Å². The van der Waals surface area contributed by atoms with Gasteiger partial charge in [0.05, 0.1) is 0 Å². The third-order valence-electron chi connectivity index (χ3n) is 3.00. The second-order valence-corrected chi connectivity index (χ2v) is 5.32. The van der Waals surface area contributed by atoms with E-state index in [-0.39, 0.29) is 5.82 Å². The molecule has 0 saturated carbocycles. The van der Waals surface area contributed by atoms with Crippen molar-refractivity contribution < 1.29 is 4.39 Å². The van der Waals surface area contributed by atoms with E-state index in [9.17, 15) is 4.39 Å². The van der Waals surface area contributed by atoms with Crippen LogP contribution < -0.4 is 5.32 Å². The van der Waals surface area contributed by atoms with Gasteiger partial charge in [-0.15, -0.1) is 0 Å². The summed E-state index contributed by atoms with van der Waals surface area (Å²) in [5, 5.41) is 3.75. The maximum Gasteiger partial charge on any atom is 0.125 e. The summed E-state index contributed by atoms with van der Waals surface area (Å²) in [4.78, 5) is 2.31. The quantitative estimate of drug-likeness (QED) is 0.766. The number of hydrogen-bond donors (Lipinski definition) is 1. The number of hydrogen-bond acceptors (Lipinski definition) is 2. The smallest absolute Gasteiger partial charge is 0.125 e. The van der Waals surface area contributed by atoms with Crippen LogP contribution >= 0.6 is 11.6 Å². The molecule has 1 aromatic rings. The van der Waals surface area contributed by atoms with Crippen molar-refractivity contribution in [1.29, 1.82) is 0 Å². The minimum atomic E-state index is -0.279. The van der Waals surface area contributed by atoms with Crippen LogP contribution in [0.3, 0.4) is 0 Å². The third-order valence-corrected chi connectivity index (χ3v) is 3.22. The Hall–Kier alpha value is -0.640. The first-order chi connectivity index (χ1) is 8.49. The lowest BCUT2D eigenvalue weighted by molar-refractivity contribution is 0.269. The molecule has 1 aromatic carbocycles. The summed E-state index contributed by atoms with van der Waals surface area (Å²) in [6.45, 7) is 7.01. The first-order valence-electron chi connectivity index (χ1n) is 6.35. The summed E-state index contributed by atoms with van der Waals surface area (Å²) >= 11 is 5.79. The van der Waals surface area contributed by atoms with E-state index in [0.717, 1.165) is 25.1 Å². The Kier molecular flexibility index (Phi) is 6.61. The molecule has 0 heterocycles. The van der Waals surface area contributed by atoms with Crippen LogP contribution in [0.5, 0.6) is 0 Å². The molecule has 2 nitrogen and oxygen atoms in total. The molecule has 18 heavy (non-hydrogen) atoms. The first kappa shape index (κ1) is 15.4. The Morgan fingerprint density at radius 2 is 2.06 bits per heavy atom. The van der Waals surface area contributed by atoms with Crippen LogP contribution in [0.4, 0.5) is 4.39 Å². The van der Waals surface area contributed by atoms with Gasteiger partial charge < -0.3 is 10.2 Å². The van der Waals surface area contributed by atoms with Crippen LogP contribution in [0.25, 0.3) is 0 Å². The van der Waals surface area contributed by atoms with Crippen molar-refractivity contribution in [3.05, 3.63) is 34.6 Å². The molecule has 102 valence electrons. The molecule has 0 radical (unpaired) electrons. The maximum absolute atomic E-state index is 13.1. The molecule has 0 bridgehead atoms. The summed E-state index contributed by atoms with van der Waals surface area (Å²) in [6.07, 6.45) is 1.08. The van der Waals surface area contributed by atoms with E-state index in [1.165, 1.54) is 12.1 Å². The molecule has 0 unspecified atom stereocenters. The minimum Gasteiger partial charge on any atom is -0.313 e. The molecule has 0 aromatic heterocycles. The number of nitrogens with zero attached hydrogens (tertiary/aromatic N) is 1. The third kappa shape index (κ3) is 5.80. The highest BCUT2D eigenvalue weighted by molar-refractivity contribution is 6.30. The van der Waals surface area contributed by atoms with Gasteiger partial charge in [0.1, 0.15) is 5.82 Å². The number of nitrogens with one attached hydrogen (secondary N) is 1. The van der Waals surface area contributed by atoms with Crippen LogP contribution in [-0.2, 0) is 6.54 Å². The van der Waals surface area contributed by atoms with Gasteiger partial charge in [0.25, 0.3) is 0 Å². The summed E-state index contributed by atoms with van der Waals surface area (Å²) < 4.78 is 13.1. The molecule has 0 fully saturated rings. The van der Waals surface area contributed by atoms with E-state index in [1.54, 1.807) is 6.07 Å². The van der Waals surface area contributed by atoms with Crippen molar-refractivity contribution >= 4 is 11.6 Å². The molecule has 0 amide bonds. The summed E-state index contributed by atoms with van der Waals surface area (Å²) in [7, 11) is 2.12. The van der Waals surface area contributed by atoms with E-state index in [4.69, 9.17) is 11.6 Å². The van der Waals surface area contributed by atoms with E-state index in [1.807, 2.05) is 0 Å². The van der Waals surface area contributed by atoms with E-state index in [2.05, 4.69) is 31.1 Å². The standard InChI is InChI=1S/C14H22ClFN2/c1-11(2)18(3)6-4-5-17-10-12-7-13(15)9-14(16)8-12/h7-9,11,17H,4-6,10H2,1-3H3. The molecule has 0 aliphatic heterocycles. The zero-order chi connectivity index (χ0) is 13.5. The van der Waals surface area contributed by atoms with Crippen molar-refractivity contribution in [3.8, 4) is 0 Å². The lowest BCUT2D eigenvalue weighted by atomic mass is 10.2. The fourth-order valence-corrected chi connectivity index (χ4v) is 1.90. The molecular formula is C14H22ClFN2. The predicted octanol–water partition coefficient (Wildman–Crippen LogP) is 3.30. The highest BCUT2D eigenvalue weighted by atomic mass is 35.5. The van der Waals surface area contributed by atoms with Crippen molar-refractivity contribution in [2.45, 2.75) is 32.9 Å². The number of benzene rings is 1. The van der Waals surface area contributed by atoms with Crippen molar-refractivity contribution in [3.63, 3.8) is 0 Å². The molecule has 0 aliphatic carbocycles. The highest BCUT2D eigenvalue weighted by Gasteiger charge is 2.02. The molecule has 0 aliphatic rings. The van der Waals surface area contributed by atoms with E-state index in [0.29, 0.717) is 17.6 Å². The minimum absolute atomic E-state index is 0.279. The maximum atomic E-state index is 13.1. The normalized spacial score (nSPS) is 11.5. The fourth-order valence-electron chi connectivity index (χ4n) is 1.66. The van der Waals surface area contributed by atoms with Crippen LogP contribution in [-0.4, -0.2) is 31.1 Å². The zero-order valence-electron chi connectivity index (χ0n) is 11.3. The average Bonchev–Trinajstić information content (AvgIpc) is 2.26. The fraction of sp³-hybridized carbons (Fsp3) is 0.571. The van der Waals surface area contributed by atoms with E-state index < -0.39 is 0 Å². The zero-order valence-corrected chi connectivity index (χ0v) is 12.1. The molecular weight excluding hydrogens is 251 g/mol. The van der Waals surface area contributed by atoms with Gasteiger partial charge in [-0.3, -0.25) is 0 Å². The first-order valence-corrected chi connectivity index (χ1v) is 6.72. The second-order valence-electron chi connectivity index (χ2n) is 4.88. The molecule has 0 atom stereocenters. The molecule has 0 spiro atoms. The number of rotatable bonds is 7. The predicted molar refractivity (Wildman–Crippen MR) is 75.5 cm³/mol. The Balaban J connectivity index is 2.22. The summed E-state index contributed by atoms with van der Waals surface area (Å²) in [5.41, 5.74) is 0.886. The van der Waals surface area contributed by atoms with Gasteiger partial charge in [0, 0.05) is 17.6 Å². The number of halogens is 2. The van der Waals surface area contributed by atoms with Crippen LogP contribution in [0.2, 0.25) is 5.02 Å². The average molecular weight is 273 g/mol. The van der Waals surface area contributed by atoms with Gasteiger partial charge in [-0.2, -0.15) is 0 Å². The summed E-state index contributed by atoms with van der Waals surface area (Å²) in [5.74, 6) is -0.279. The molecule has 0 saturated heterocycles. The van der Waals surface area contributed by atoms with Crippen molar-refractivity contribution in [2.24, 2.45) is 0 Å². The summed E-state index contributed by atoms with van der Waals surface area (Å²) in [6, 6.07) is 5.20. The Labute approximate surface area is 114 Å². The van der Waals surface area contributed by atoms with E-state index >= 15 is 0 Å². The Bertz CT molecular complexity index is 349. The van der Waals surface area contributed by atoms with Crippen molar-refractivity contribution in [1.82, 2.24) is 10.2 Å². The van der Waals surface area contributed by atoms with Gasteiger partial charge in [-0.1, -0.05) is 11.6 Å². The van der Waals surface area contributed by atoms with Crippen LogP contribution in [0, 0.1) is 5.82 Å².